The van der Waals surface area contributed by atoms with E-state index in [0.29, 0.717) is 0 Å². The van der Waals surface area contributed by atoms with Gasteiger partial charge in [-0.3, -0.25) is 4.99 Å². The summed E-state index contributed by atoms with van der Waals surface area (Å²) >= 11 is 0. The summed E-state index contributed by atoms with van der Waals surface area (Å²) in [7, 11) is 3.59. The van der Waals surface area contributed by atoms with Crippen LogP contribution in [0.25, 0.3) is 0 Å². The Morgan fingerprint density at radius 3 is 2.68 bits per heavy atom. The Morgan fingerprint density at radius 2 is 2.05 bits per heavy atom. The summed E-state index contributed by atoms with van der Waals surface area (Å²) in [6.45, 7) is 5.10. The maximum Gasteiger partial charge on any atom is 0.193 e. The van der Waals surface area contributed by atoms with Crippen LogP contribution in [0.1, 0.15) is 12.8 Å². The molecule has 2 aliphatic rings. The topological polar surface area (TPSA) is 40.1 Å². The standard InChI is InChI=1S/C17H26N4O/c1-18-17(19-13-14-6-7-14)21-10-8-20(9-11-21)15-4-3-5-16(12-15)22-2/h3-5,12,14H,6-11,13H2,1-2H3,(H,18,19). The Labute approximate surface area is 133 Å². The number of aliphatic imine (C=N–C) groups is 1. The van der Waals surface area contributed by atoms with Gasteiger partial charge >= 0.3 is 0 Å². The minimum absolute atomic E-state index is 0.870. The average molecular weight is 302 g/mol. The molecule has 2 fully saturated rings. The fraction of sp³-hybridized carbons (Fsp3) is 0.588. The first kappa shape index (κ1) is 15.0. The molecule has 1 saturated heterocycles. The Bertz CT molecular complexity index is 519. The molecule has 0 amide bonds. The highest BCUT2D eigenvalue weighted by Crippen LogP contribution is 2.27. The molecule has 3 rings (SSSR count). The smallest absolute Gasteiger partial charge is 0.193 e. The molecule has 0 aromatic heterocycles. The fourth-order valence-electron chi connectivity index (χ4n) is 2.87. The Morgan fingerprint density at radius 1 is 1.27 bits per heavy atom. The van der Waals surface area contributed by atoms with Crippen LogP contribution in [-0.4, -0.2) is 57.7 Å². The van der Waals surface area contributed by atoms with Crippen molar-refractivity contribution in [1.82, 2.24) is 10.2 Å². The van der Waals surface area contributed by atoms with Crippen LogP contribution in [0.5, 0.6) is 5.75 Å². The molecule has 5 nitrogen and oxygen atoms in total. The highest BCUT2D eigenvalue weighted by Gasteiger charge is 2.24. The van der Waals surface area contributed by atoms with Crippen molar-refractivity contribution >= 4 is 11.6 Å². The van der Waals surface area contributed by atoms with Gasteiger partial charge in [-0.05, 0) is 30.9 Å². The van der Waals surface area contributed by atoms with E-state index >= 15 is 0 Å². The summed E-state index contributed by atoms with van der Waals surface area (Å²) in [4.78, 5) is 9.20. The number of nitrogens with one attached hydrogen (secondary N) is 1. The number of methoxy groups -OCH3 is 1. The van der Waals surface area contributed by atoms with Gasteiger partial charge in [0.15, 0.2) is 5.96 Å². The summed E-state index contributed by atoms with van der Waals surface area (Å²) < 4.78 is 5.32. The predicted octanol–water partition coefficient (Wildman–Crippen LogP) is 1.80. The van der Waals surface area contributed by atoms with E-state index in [9.17, 15) is 0 Å². The molecule has 0 atom stereocenters. The van der Waals surface area contributed by atoms with E-state index in [0.717, 1.165) is 50.4 Å². The summed E-state index contributed by atoms with van der Waals surface area (Å²) in [6.07, 6.45) is 2.74. The van der Waals surface area contributed by atoms with Gasteiger partial charge in [0.1, 0.15) is 5.75 Å². The van der Waals surface area contributed by atoms with Gasteiger partial charge in [-0.25, -0.2) is 0 Å². The van der Waals surface area contributed by atoms with Gasteiger partial charge in [0.05, 0.1) is 7.11 Å². The van der Waals surface area contributed by atoms with E-state index in [1.807, 2.05) is 13.1 Å². The van der Waals surface area contributed by atoms with Crippen molar-refractivity contribution in [1.29, 1.82) is 0 Å². The van der Waals surface area contributed by atoms with E-state index in [-0.39, 0.29) is 0 Å². The van der Waals surface area contributed by atoms with Crippen molar-refractivity contribution in [2.75, 3.05) is 51.8 Å². The van der Waals surface area contributed by atoms with Gasteiger partial charge in [0.25, 0.3) is 0 Å². The Balaban J connectivity index is 1.54. The van der Waals surface area contributed by atoms with Crippen molar-refractivity contribution < 1.29 is 4.74 Å². The molecule has 1 aliphatic carbocycles. The quantitative estimate of drug-likeness (QED) is 0.680. The average Bonchev–Trinajstić information content (AvgIpc) is 3.40. The highest BCUT2D eigenvalue weighted by atomic mass is 16.5. The van der Waals surface area contributed by atoms with Crippen molar-refractivity contribution in [3.8, 4) is 5.75 Å². The van der Waals surface area contributed by atoms with E-state index < -0.39 is 0 Å². The zero-order valence-corrected chi connectivity index (χ0v) is 13.6. The number of piperazine rings is 1. The van der Waals surface area contributed by atoms with E-state index in [1.54, 1.807) is 7.11 Å². The number of anilines is 1. The van der Waals surface area contributed by atoms with Crippen molar-refractivity contribution in [3.63, 3.8) is 0 Å². The predicted molar refractivity (Wildman–Crippen MR) is 90.9 cm³/mol. The molecule has 1 saturated carbocycles. The van der Waals surface area contributed by atoms with E-state index in [2.05, 4.69) is 38.3 Å². The molecule has 0 bridgehead atoms. The molecule has 5 heteroatoms. The van der Waals surface area contributed by atoms with Gasteiger partial charge in [-0.2, -0.15) is 0 Å². The number of ether oxygens (including phenoxy) is 1. The summed E-state index contributed by atoms with van der Waals surface area (Å²) in [5.41, 5.74) is 1.24. The molecule has 1 heterocycles. The van der Waals surface area contributed by atoms with Crippen molar-refractivity contribution in [2.45, 2.75) is 12.8 Å². The number of hydrogen-bond acceptors (Lipinski definition) is 3. The van der Waals surface area contributed by atoms with E-state index in [4.69, 9.17) is 4.74 Å². The van der Waals surface area contributed by atoms with Crippen LogP contribution in [0.4, 0.5) is 5.69 Å². The van der Waals surface area contributed by atoms with Crippen molar-refractivity contribution in [3.05, 3.63) is 24.3 Å². The molecule has 0 radical (unpaired) electrons. The highest BCUT2D eigenvalue weighted by molar-refractivity contribution is 5.80. The van der Waals surface area contributed by atoms with Gasteiger partial charge < -0.3 is 19.9 Å². The molecular weight excluding hydrogens is 276 g/mol. The number of rotatable bonds is 4. The molecule has 22 heavy (non-hydrogen) atoms. The minimum Gasteiger partial charge on any atom is -0.497 e. The van der Waals surface area contributed by atoms with Crippen LogP contribution in [0.15, 0.2) is 29.3 Å². The first-order valence-electron chi connectivity index (χ1n) is 8.14. The second-order valence-electron chi connectivity index (χ2n) is 6.05. The Hall–Kier alpha value is -1.91. The lowest BCUT2D eigenvalue weighted by atomic mass is 10.2. The second kappa shape index (κ2) is 6.90. The Kier molecular flexibility index (Phi) is 4.71. The lowest BCUT2D eigenvalue weighted by Gasteiger charge is -2.37. The summed E-state index contributed by atoms with van der Waals surface area (Å²) in [5, 5.41) is 3.51. The summed E-state index contributed by atoms with van der Waals surface area (Å²) in [5.74, 6) is 2.84. The molecule has 1 aromatic rings. The molecule has 0 unspecified atom stereocenters. The molecule has 1 N–H and O–H groups in total. The van der Waals surface area contributed by atoms with Gasteiger partial charge in [0, 0.05) is 51.5 Å². The third-order valence-corrected chi connectivity index (χ3v) is 4.46. The largest absolute Gasteiger partial charge is 0.497 e. The molecule has 120 valence electrons. The molecular formula is C17H26N4O. The first-order valence-corrected chi connectivity index (χ1v) is 8.14. The monoisotopic (exact) mass is 302 g/mol. The van der Waals surface area contributed by atoms with Gasteiger partial charge in [0.2, 0.25) is 0 Å². The number of nitrogens with zero attached hydrogens (tertiary/aromatic N) is 3. The van der Waals surface area contributed by atoms with Crippen LogP contribution in [0.2, 0.25) is 0 Å². The SMILES string of the molecule is CN=C(NCC1CC1)N1CCN(c2cccc(OC)c2)CC1. The van der Waals surface area contributed by atoms with Gasteiger partial charge in [-0.1, -0.05) is 6.07 Å². The zero-order valence-electron chi connectivity index (χ0n) is 13.6. The zero-order chi connectivity index (χ0) is 15.4. The minimum atomic E-state index is 0.870. The lowest BCUT2D eigenvalue weighted by Crippen LogP contribution is -2.52. The van der Waals surface area contributed by atoms with Gasteiger partial charge in [-0.15, -0.1) is 0 Å². The number of hydrogen-bond donors (Lipinski definition) is 1. The third kappa shape index (κ3) is 3.64. The number of guanidine groups is 1. The van der Waals surface area contributed by atoms with Crippen molar-refractivity contribution in [2.24, 2.45) is 10.9 Å². The maximum absolute atomic E-state index is 5.32. The van der Waals surface area contributed by atoms with Crippen LogP contribution in [0.3, 0.4) is 0 Å². The first-order chi connectivity index (χ1) is 10.8. The van der Waals surface area contributed by atoms with Crippen LogP contribution in [-0.2, 0) is 0 Å². The maximum atomic E-state index is 5.32. The lowest BCUT2D eigenvalue weighted by molar-refractivity contribution is 0.371. The molecule has 1 aliphatic heterocycles. The van der Waals surface area contributed by atoms with Crippen LogP contribution >= 0.6 is 0 Å². The molecule has 0 spiro atoms. The molecule has 1 aromatic carbocycles. The third-order valence-electron chi connectivity index (χ3n) is 4.46. The number of benzene rings is 1. The fourth-order valence-corrected chi connectivity index (χ4v) is 2.87. The van der Waals surface area contributed by atoms with Crippen LogP contribution in [0, 0.1) is 5.92 Å². The summed E-state index contributed by atoms with van der Waals surface area (Å²) in [6, 6.07) is 8.30. The second-order valence-corrected chi connectivity index (χ2v) is 6.05. The van der Waals surface area contributed by atoms with Crippen LogP contribution < -0.4 is 15.0 Å². The normalized spacial score (nSPS) is 19.3. The van der Waals surface area contributed by atoms with E-state index in [1.165, 1.54) is 18.5 Å².